The van der Waals surface area contributed by atoms with Crippen molar-refractivity contribution in [1.29, 1.82) is 0 Å². The minimum Gasteiger partial charge on any atom is -0.444 e. The predicted molar refractivity (Wildman–Crippen MR) is 137 cm³/mol. The van der Waals surface area contributed by atoms with Gasteiger partial charge in [0.25, 0.3) is 0 Å². The number of rotatable bonds is 6. The van der Waals surface area contributed by atoms with Crippen molar-refractivity contribution < 1.29 is 23.5 Å². The lowest BCUT2D eigenvalue weighted by atomic mass is 10.1. The van der Waals surface area contributed by atoms with Crippen LogP contribution in [-0.2, 0) is 34.0 Å². The topological polar surface area (TPSA) is 82.2 Å². The third-order valence-electron chi connectivity index (χ3n) is 6.56. The molecule has 0 unspecified atom stereocenters. The summed E-state index contributed by atoms with van der Waals surface area (Å²) in [6.07, 6.45) is -0.859. The molecule has 2 aromatic carbocycles. The van der Waals surface area contributed by atoms with Crippen LogP contribution < -0.4 is 5.32 Å². The van der Waals surface area contributed by atoms with Crippen molar-refractivity contribution in [2.45, 2.75) is 58.5 Å². The number of benzene rings is 2. The van der Waals surface area contributed by atoms with Gasteiger partial charge in [-0.2, -0.15) is 0 Å². The van der Waals surface area contributed by atoms with Crippen molar-refractivity contribution in [2.24, 2.45) is 0 Å². The molecular formula is C28H35FN4O4. The van der Waals surface area contributed by atoms with E-state index in [0.29, 0.717) is 45.8 Å². The number of carbonyl (C=O) groups excluding carboxylic acids is 3. The zero-order valence-electron chi connectivity index (χ0n) is 21.7. The second-order valence-corrected chi connectivity index (χ2v) is 10.6. The van der Waals surface area contributed by atoms with Gasteiger partial charge >= 0.3 is 6.09 Å². The number of piperazine rings is 1. The van der Waals surface area contributed by atoms with Gasteiger partial charge in [-0.3, -0.25) is 14.5 Å². The molecule has 4 rings (SSSR count). The average Bonchev–Trinajstić information content (AvgIpc) is 3.28. The van der Waals surface area contributed by atoms with Crippen LogP contribution in [0.15, 0.2) is 48.5 Å². The maximum absolute atomic E-state index is 13.5. The number of nitrogens with zero attached hydrogens (tertiary/aromatic N) is 3. The normalized spacial score (nSPS) is 16.8. The summed E-state index contributed by atoms with van der Waals surface area (Å²) in [7, 11) is 0. The van der Waals surface area contributed by atoms with Crippen molar-refractivity contribution in [2.75, 3.05) is 26.2 Å². The Morgan fingerprint density at radius 3 is 2.08 bits per heavy atom. The van der Waals surface area contributed by atoms with E-state index in [1.807, 2.05) is 24.3 Å². The Balaban J connectivity index is 1.36. The molecule has 2 aliphatic rings. The van der Waals surface area contributed by atoms with Crippen LogP contribution in [0.4, 0.5) is 9.18 Å². The first kappa shape index (κ1) is 26.6. The van der Waals surface area contributed by atoms with Gasteiger partial charge in [-0.05, 0) is 49.6 Å². The third-order valence-corrected chi connectivity index (χ3v) is 6.56. The Labute approximate surface area is 217 Å². The minimum atomic E-state index is -1.02. The molecule has 8 nitrogen and oxygen atoms in total. The highest BCUT2D eigenvalue weighted by Gasteiger charge is 2.34. The molecule has 0 aliphatic carbocycles. The summed E-state index contributed by atoms with van der Waals surface area (Å²) in [4.78, 5) is 44.8. The zero-order chi connectivity index (χ0) is 26.6. The summed E-state index contributed by atoms with van der Waals surface area (Å²) in [5.41, 5.74) is 2.41. The van der Waals surface area contributed by atoms with Gasteiger partial charge in [-0.1, -0.05) is 36.4 Å². The minimum absolute atomic E-state index is 0.136. The molecule has 0 radical (unpaired) electrons. The third kappa shape index (κ3) is 7.29. The number of alkyl carbamates (subject to hydrolysis) is 1. The first-order valence-electron chi connectivity index (χ1n) is 12.7. The van der Waals surface area contributed by atoms with Crippen LogP contribution in [0.1, 0.15) is 43.9 Å². The number of nitrogens with one attached hydrogen (secondary N) is 1. The fourth-order valence-electron chi connectivity index (χ4n) is 4.67. The number of amides is 3. The molecule has 1 saturated heterocycles. The Morgan fingerprint density at radius 1 is 0.919 bits per heavy atom. The second-order valence-electron chi connectivity index (χ2n) is 10.6. The molecule has 1 fully saturated rings. The number of carbonyl (C=O) groups is 3. The van der Waals surface area contributed by atoms with E-state index in [1.165, 1.54) is 12.1 Å². The number of halogens is 1. The van der Waals surface area contributed by atoms with E-state index in [2.05, 4.69) is 10.2 Å². The van der Waals surface area contributed by atoms with Gasteiger partial charge in [-0.25, -0.2) is 9.18 Å². The van der Waals surface area contributed by atoms with Crippen LogP contribution in [0.2, 0.25) is 0 Å². The van der Waals surface area contributed by atoms with Gasteiger partial charge in [-0.15, -0.1) is 0 Å². The van der Waals surface area contributed by atoms with Crippen molar-refractivity contribution in [3.63, 3.8) is 0 Å². The van der Waals surface area contributed by atoms with Crippen molar-refractivity contribution in [3.05, 3.63) is 71.0 Å². The molecule has 9 heteroatoms. The lowest BCUT2D eigenvalue weighted by molar-refractivity contribution is -0.140. The van der Waals surface area contributed by atoms with E-state index in [9.17, 15) is 18.8 Å². The SMILES string of the molecule is CC(C)(C)OC(=O)N[C@@H](CC(=O)N1CCN(Cc2ccc(F)cc2)CC1)C(=O)N1Cc2ccccc2C1. The maximum atomic E-state index is 13.5. The monoisotopic (exact) mass is 510 g/mol. The van der Waals surface area contributed by atoms with E-state index in [-0.39, 0.29) is 24.1 Å². The van der Waals surface area contributed by atoms with Crippen LogP contribution in [0.3, 0.4) is 0 Å². The number of hydrogen-bond donors (Lipinski definition) is 1. The quantitative estimate of drug-likeness (QED) is 0.645. The fourth-order valence-corrected chi connectivity index (χ4v) is 4.67. The van der Waals surface area contributed by atoms with Gasteiger partial charge in [0, 0.05) is 45.8 Å². The lowest BCUT2D eigenvalue weighted by Gasteiger charge is -2.35. The average molecular weight is 511 g/mol. The molecule has 0 bridgehead atoms. The van der Waals surface area contributed by atoms with E-state index in [0.717, 1.165) is 16.7 Å². The molecule has 3 amide bonds. The highest BCUT2D eigenvalue weighted by molar-refractivity contribution is 5.91. The van der Waals surface area contributed by atoms with Crippen LogP contribution in [0, 0.1) is 5.82 Å². The highest BCUT2D eigenvalue weighted by atomic mass is 19.1. The molecule has 37 heavy (non-hydrogen) atoms. The summed E-state index contributed by atoms with van der Waals surface area (Å²) in [6.45, 7) is 9.18. The Hall–Kier alpha value is -3.46. The largest absolute Gasteiger partial charge is 0.444 e. The van der Waals surface area contributed by atoms with Crippen LogP contribution >= 0.6 is 0 Å². The van der Waals surface area contributed by atoms with Crippen LogP contribution in [-0.4, -0.2) is 70.4 Å². The number of fused-ring (bicyclic) bond motifs is 1. The molecule has 2 aliphatic heterocycles. The molecule has 1 N–H and O–H groups in total. The standard InChI is InChI=1S/C28H35FN4O4/c1-28(2,3)37-27(36)30-24(26(35)33-18-21-6-4-5-7-22(21)19-33)16-25(34)32-14-12-31(13-15-32)17-20-8-10-23(29)11-9-20/h4-11,24H,12-19H2,1-3H3,(H,30,36)/t24-/m0/s1. The van der Waals surface area contributed by atoms with Gasteiger partial charge in [0.2, 0.25) is 11.8 Å². The molecule has 1 atom stereocenters. The molecule has 2 heterocycles. The van der Waals surface area contributed by atoms with Gasteiger partial charge in [0.1, 0.15) is 17.5 Å². The van der Waals surface area contributed by atoms with E-state index in [1.54, 1.807) is 42.7 Å². The highest BCUT2D eigenvalue weighted by Crippen LogP contribution is 2.23. The molecule has 198 valence electrons. The Bertz CT molecular complexity index is 1100. The van der Waals surface area contributed by atoms with Crippen LogP contribution in [0.5, 0.6) is 0 Å². The maximum Gasteiger partial charge on any atom is 0.408 e. The smallest absolute Gasteiger partial charge is 0.408 e. The van der Waals surface area contributed by atoms with Gasteiger partial charge < -0.3 is 19.9 Å². The summed E-state index contributed by atoms with van der Waals surface area (Å²) in [6, 6.07) is 13.2. The molecule has 2 aromatic rings. The molecule has 0 spiro atoms. The summed E-state index contributed by atoms with van der Waals surface area (Å²) in [5.74, 6) is -0.751. The summed E-state index contributed by atoms with van der Waals surface area (Å²) < 4.78 is 18.5. The zero-order valence-corrected chi connectivity index (χ0v) is 21.7. The molecular weight excluding hydrogens is 475 g/mol. The second kappa shape index (κ2) is 11.3. The lowest BCUT2D eigenvalue weighted by Crippen LogP contribution is -2.53. The van der Waals surface area contributed by atoms with Crippen LogP contribution in [0.25, 0.3) is 0 Å². The van der Waals surface area contributed by atoms with E-state index < -0.39 is 17.7 Å². The van der Waals surface area contributed by atoms with Crippen molar-refractivity contribution in [3.8, 4) is 0 Å². The summed E-state index contributed by atoms with van der Waals surface area (Å²) >= 11 is 0. The molecule has 0 aromatic heterocycles. The first-order chi connectivity index (χ1) is 17.6. The first-order valence-corrected chi connectivity index (χ1v) is 12.7. The van der Waals surface area contributed by atoms with E-state index in [4.69, 9.17) is 4.74 Å². The fraction of sp³-hybridized carbons (Fsp3) is 0.464. The van der Waals surface area contributed by atoms with E-state index >= 15 is 0 Å². The summed E-state index contributed by atoms with van der Waals surface area (Å²) in [5, 5.41) is 2.65. The number of hydrogen-bond acceptors (Lipinski definition) is 5. The predicted octanol–water partition coefficient (Wildman–Crippen LogP) is 3.30. The van der Waals surface area contributed by atoms with Crippen molar-refractivity contribution >= 4 is 17.9 Å². The Morgan fingerprint density at radius 2 is 1.51 bits per heavy atom. The number of ether oxygens (including phenoxy) is 1. The van der Waals surface area contributed by atoms with Crippen molar-refractivity contribution in [1.82, 2.24) is 20.0 Å². The van der Waals surface area contributed by atoms with Gasteiger partial charge in [0.15, 0.2) is 0 Å². The molecule has 0 saturated carbocycles. The van der Waals surface area contributed by atoms with Gasteiger partial charge in [0.05, 0.1) is 6.42 Å². The Kier molecular flexibility index (Phi) is 8.12.